The van der Waals surface area contributed by atoms with Crippen LogP contribution in [0.4, 0.5) is 6.01 Å². The summed E-state index contributed by atoms with van der Waals surface area (Å²) in [5.41, 5.74) is 9.40. The van der Waals surface area contributed by atoms with E-state index in [4.69, 9.17) is 10.2 Å². The summed E-state index contributed by atoms with van der Waals surface area (Å²) in [5.74, 6) is 0. The zero-order valence-electron chi connectivity index (χ0n) is 7.09. The molecule has 0 aliphatic rings. The van der Waals surface area contributed by atoms with E-state index in [1.54, 1.807) is 0 Å². The Morgan fingerprint density at radius 3 is 2.67 bits per heavy atom. The molecule has 1 aromatic carbocycles. The van der Waals surface area contributed by atoms with E-state index in [1.807, 2.05) is 26.0 Å². The van der Waals surface area contributed by atoms with Crippen molar-refractivity contribution in [3.05, 3.63) is 23.3 Å². The van der Waals surface area contributed by atoms with Crippen LogP contribution < -0.4 is 5.73 Å². The molecule has 0 fully saturated rings. The van der Waals surface area contributed by atoms with E-state index in [-0.39, 0.29) is 6.01 Å². The molecule has 0 atom stereocenters. The van der Waals surface area contributed by atoms with Gasteiger partial charge in [0.2, 0.25) is 0 Å². The highest BCUT2D eigenvalue weighted by Crippen LogP contribution is 2.20. The monoisotopic (exact) mass is 162 g/mol. The largest absolute Gasteiger partial charge is 0.424 e. The molecule has 0 unspecified atom stereocenters. The van der Waals surface area contributed by atoms with Crippen LogP contribution in [0.1, 0.15) is 11.1 Å². The van der Waals surface area contributed by atoms with Crippen LogP contribution in [0, 0.1) is 13.8 Å². The van der Waals surface area contributed by atoms with Gasteiger partial charge in [-0.25, -0.2) is 0 Å². The number of aromatic nitrogens is 1. The third-order valence-electron chi connectivity index (χ3n) is 2.02. The van der Waals surface area contributed by atoms with Crippen LogP contribution in [0.25, 0.3) is 11.1 Å². The number of nitrogens with two attached hydrogens (primary N) is 1. The second-order valence-corrected chi connectivity index (χ2v) is 2.96. The highest BCUT2D eigenvalue weighted by molar-refractivity contribution is 5.76. The molecule has 2 N–H and O–H groups in total. The zero-order chi connectivity index (χ0) is 8.72. The number of nitrogens with zero attached hydrogens (tertiary/aromatic N) is 1. The van der Waals surface area contributed by atoms with Gasteiger partial charge >= 0.3 is 0 Å². The normalized spacial score (nSPS) is 10.8. The Balaban J connectivity index is 2.83. The molecule has 2 aromatic rings. The van der Waals surface area contributed by atoms with E-state index in [0.717, 1.165) is 11.1 Å². The first-order valence-electron chi connectivity index (χ1n) is 3.80. The van der Waals surface area contributed by atoms with Crippen molar-refractivity contribution in [2.75, 3.05) is 5.73 Å². The molecule has 62 valence electrons. The van der Waals surface area contributed by atoms with Crippen LogP contribution in [-0.2, 0) is 0 Å². The smallest absolute Gasteiger partial charge is 0.292 e. The van der Waals surface area contributed by atoms with Gasteiger partial charge in [-0.2, -0.15) is 4.98 Å². The Kier molecular flexibility index (Phi) is 1.33. The van der Waals surface area contributed by atoms with Gasteiger partial charge in [0.1, 0.15) is 5.52 Å². The number of hydrogen-bond acceptors (Lipinski definition) is 3. The number of benzene rings is 1. The van der Waals surface area contributed by atoms with Gasteiger partial charge in [-0.15, -0.1) is 0 Å². The van der Waals surface area contributed by atoms with Gasteiger partial charge in [0.05, 0.1) is 0 Å². The van der Waals surface area contributed by atoms with Gasteiger partial charge in [-0.1, -0.05) is 0 Å². The fourth-order valence-corrected chi connectivity index (χ4v) is 1.20. The molecule has 0 spiro atoms. The van der Waals surface area contributed by atoms with Crippen molar-refractivity contribution >= 4 is 17.1 Å². The SMILES string of the molecule is Cc1cc2nc(N)oc2cc1C. The summed E-state index contributed by atoms with van der Waals surface area (Å²) >= 11 is 0. The van der Waals surface area contributed by atoms with Crippen LogP contribution in [0.5, 0.6) is 0 Å². The Morgan fingerprint density at radius 1 is 1.25 bits per heavy atom. The van der Waals surface area contributed by atoms with E-state index in [0.29, 0.717) is 0 Å². The van der Waals surface area contributed by atoms with Crippen LogP contribution in [0.15, 0.2) is 16.5 Å². The third-order valence-corrected chi connectivity index (χ3v) is 2.02. The minimum Gasteiger partial charge on any atom is -0.424 e. The quantitative estimate of drug-likeness (QED) is 0.644. The summed E-state index contributed by atoms with van der Waals surface area (Å²) < 4.78 is 5.17. The fourth-order valence-electron chi connectivity index (χ4n) is 1.20. The van der Waals surface area contributed by atoms with E-state index in [1.165, 1.54) is 11.1 Å². The summed E-state index contributed by atoms with van der Waals surface area (Å²) in [5, 5.41) is 0. The van der Waals surface area contributed by atoms with Crippen molar-refractivity contribution in [2.24, 2.45) is 0 Å². The molecule has 1 aromatic heterocycles. The molecule has 3 nitrogen and oxygen atoms in total. The van der Waals surface area contributed by atoms with Crippen molar-refractivity contribution in [2.45, 2.75) is 13.8 Å². The molecule has 0 bridgehead atoms. The molecule has 0 saturated carbocycles. The zero-order valence-corrected chi connectivity index (χ0v) is 7.09. The molecule has 0 amide bonds. The second-order valence-electron chi connectivity index (χ2n) is 2.96. The molecule has 3 heteroatoms. The molecule has 0 aliphatic carbocycles. The van der Waals surface area contributed by atoms with Crippen LogP contribution in [-0.4, -0.2) is 4.98 Å². The van der Waals surface area contributed by atoms with Crippen molar-refractivity contribution in [1.82, 2.24) is 4.98 Å². The molecular weight excluding hydrogens is 152 g/mol. The van der Waals surface area contributed by atoms with Crippen molar-refractivity contribution < 1.29 is 4.42 Å². The molecular formula is C9H10N2O. The molecule has 0 radical (unpaired) electrons. The van der Waals surface area contributed by atoms with Crippen LogP contribution >= 0.6 is 0 Å². The summed E-state index contributed by atoms with van der Waals surface area (Å²) in [6, 6.07) is 4.16. The summed E-state index contributed by atoms with van der Waals surface area (Å²) in [4.78, 5) is 4.03. The highest BCUT2D eigenvalue weighted by Gasteiger charge is 2.03. The van der Waals surface area contributed by atoms with E-state index in [9.17, 15) is 0 Å². The lowest BCUT2D eigenvalue weighted by Gasteiger charge is -1.95. The minimum atomic E-state index is 0.231. The Labute approximate surface area is 70.2 Å². The lowest BCUT2D eigenvalue weighted by molar-refractivity contribution is 0.626. The number of fused-ring (bicyclic) bond motifs is 1. The predicted octanol–water partition coefficient (Wildman–Crippen LogP) is 2.03. The van der Waals surface area contributed by atoms with Crippen molar-refractivity contribution in [3.63, 3.8) is 0 Å². The average molecular weight is 162 g/mol. The first kappa shape index (κ1) is 7.16. The van der Waals surface area contributed by atoms with Gasteiger partial charge < -0.3 is 10.2 Å². The number of aryl methyl sites for hydroxylation is 2. The number of hydrogen-bond donors (Lipinski definition) is 1. The molecule has 0 saturated heterocycles. The lowest BCUT2D eigenvalue weighted by atomic mass is 10.1. The summed E-state index contributed by atoms with van der Waals surface area (Å²) in [7, 11) is 0. The minimum absolute atomic E-state index is 0.231. The average Bonchev–Trinajstić information content (AvgIpc) is 2.30. The van der Waals surface area contributed by atoms with Gasteiger partial charge in [-0.3, -0.25) is 0 Å². The van der Waals surface area contributed by atoms with E-state index in [2.05, 4.69) is 4.98 Å². The van der Waals surface area contributed by atoms with Crippen LogP contribution in [0.3, 0.4) is 0 Å². The van der Waals surface area contributed by atoms with E-state index >= 15 is 0 Å². The number of nitrogen functional groups attached to an aromatic ring is 1. The van der Waals surface area contributed by atoms with Crippen molar-refractivity contribution in [1.29, 1.82) is 0 Å². The Morgan fingerprint density at radius 2 is 1.92 bits per heavy atom. The maximum absolute atomic E-state index is 5.41. The first-order valence-corrected chi connectivity index (χ1v) is 3.80. The molecule has 1 heterocycles. The molecule has 0 aliphatic heterocycles. The number of anilines is 1. The van der Waals surface area contributed by atoms with Crippen molar-refractivity contribution in [3.8, 4) is 0 Å². The maximum Gasteiger partial charge on any atom is 0.292 e. The topological polar surface area (TPSA) is 52.0 Å². The molecule has 12 heavy (non-hydrogen) atoms. The fraction of sp³-hybridized carbons (Fsp3) is 0.222. The second kappa shape index (κ2) is 2.24. The summed E-state index contributed by atoms with van der Waals surface area (Å²) in [6.45, 7) is 4.08. The first-order chi connectivity index (χ1) is 5.66. The Bertz CT molecular complexity index is 392. The highest BCUT2D eigenvalue weighted by atomic mass is 16.4. The summed E-state index contributed by atoms with van der Waals surface area (Å²) in [6.07, 6.45) is 0. The molecule has 2 rings (SSSR count). The predicted molar refractivity (Wildman–Crippen MR) is 47.9 cm³/mol. The van der Waals surface area contributed by atoms with Crippen LogP contribution in [0.2, 0.25) is 0 Å². The van der Waals surface area contributed by atoms with Gasteiger partial charge in [-0.05, 0) is 37.1 Å². The lowest BCUT2D eigenvalue weighted by Crippen LogP contribution is -1.81. The van der Waals surface area contributed by atoms with Gasteiger partial charge in [0.25, 0.3) is 6.01 Å². The standard InChI is InChI=1S/C9H10N2O/c1-5-3-7-8(4-6(5)2)12-9(10)11-7/h3-4H,1-2H3,(H2,10,11). The maximum atomic E-state index is 5.41. The van der Waals surface area contributed by atoms with Gasteiger partial charge in [0.15, 0.2) is 5.58 Å². The van der Waals surface area contributed by atoms with Gasteiger partial charge in [0, 0.05) is 0 Å². The third kappa shape index (κ3) is 0.942. The number of oxazole rings is 1. The van der Waals surface area contributed by atoms with E-state index < -0.39 is 0 Å². The number of rotatable bonds is 0. The Hall–Kier alpha value is -1.51.